The number of carbonyl (C=O) groups is 2. The van der Waals surface area contributed by atoms with Gasteiger partial charge < -0.3 is 16.0 Å². The molecule has 0 aromatic rings. The van der Waals surface area contributed by atoms with Crippen LogP contribution < -0.4 is 16.0 Å². The van der Waals surface area contributed by atoms with Crippen LogP contribution in [-0.2, 0) is 9.59 Å². The van der Waals surface area contributed by atoms with Gasteiger partial charge in [-0.2, -0.15) is 0 Å². The molecule has 5 nitrogen and oxygen atoms in total. The first-order chi connectivity index (χ1) is 12.9. The standard InChI is InChI=1S/C22H37N3O2.ClH/c1-13(2)19(20(26)24-18-12-23-5-4-14(18)3)25-21(27)22-9-15-6-16(10-22)8-17(7-15)11-22;/h13-19,23H,4-12H2,1-3H3,(H,24,26)(H,25,27);1H. The maximum Gasteiger partial charge on any atom is 0.243 e. The molecule has 0 spiro atoms. The number of nitrogens with one attached hydrogen (secondary N) is 3. The minimum absolute atomic E-state index is 0. The molecule has 5 fully saturated rings. The van der Waals surface area contributed by atoms with E-state index in [1.807, 2.05) is 13.8 Å². The Hall–Kier alpha value is -0.810. The molecule has 3 N–H and O–H groups in total. The minimum Gasteiger partial charge on any atom is -0.350 e. The topological polar surface area (TPSA) is 70.2 Å². The summed E-state index contributed by atoms with van der Waals surface area (Å²) in [6, 6.07) is -0.274. The highest BCUT2D eigenvalue weighted by atomic mass is 35.5. The summed E-state index contributed by atoms with van der Waals surface area (Å²) in [4.78, 5) is 26.4. The van der Waals surface area contributed by atoms with Crippen LogP contribution in [0.2, 0.25) is 0 Å². The second-order valence-corrected chi connectivity index (χ2v) is 10.5. The number of hydrogen-bond acceptors (Lipinski definition) is 3. The van der Waals surface area contributed by atoms with Crippen molar-refractivity contribution >= 4 is 24.2 Å². The van der Waals surface area contributed by atoms with E-state index in [-0.39, 0.29) is 41.6 Å². The van der Waals surface area contributed by atoms with E-state index < -0.39 is 6.04 Å². The van der Waals surface area contributed by atoms with Gasteiger partial charge in [0.2, 0.25) is 11.8 Å². The van der Waals surface area contributed by atoms with Gasteiger partial charge in [-0.25, -0.2) is 0 Å². The maximum atomic E-state index is 13.4. The van der Waals surface area contributed by atoms with E-state index in [4.69, 9.17) is 0 Å². The Morgan fingerprint density at radius 3 is 2.11 bits per heavy atom. The number of carbonyl (C=O) groups excluding carboxylic acids is 2. The summed E-state index contributed by atoms with van der Waals surface area (Å²) in [5, 5.41) is 9.79. The van der Waals surface area contributed by atoms with Crippen molar-refractivity contribution in [1.82, 2.24) is 16.0 Å². The van der Waals surface area contributed by atoms with Crippen molar-refractivity contribution in [2.45, 2.75) is 77.8 Å². The van der Waals surface area contributed by atoms with E-state index in [9.17, 15) is 9.59 Å². The number of halogens is 1. The van der Waals surface area contributed by atoms with Gasteiger partial charge in [0.25, 0.3) is 0 Å². The summed E-state index contributed by atoms with van der Waals surface area (Å²) in [7, 11) is 0. The second kappa shape index (κ2) is 8.51. The SMILES string of the molecule is CC(C)C(NC(=O)C12CC3CC(CC(C3)C1)C2)C(=O)NC1CNCCC1C.Cl. The smallest absolute Gasteiger partial charge is 0.243 e. The van der Waals surface area contributed by atoms with Crippen LogP contribution >= 0.6 is 12.4 Å². The molecule has 160 valence electrons. The summed E-state index contributed by atoms with van der Waals surface area (Å²) >= 11 is 0. The third-order valence-corrected chi connectivity index (χ3v) is 7.91. The van der Waals surface area contributed by atoms with Crippen molar-refractivity contribution < 1.29 is 9.59 Å². The summed E-state index contributed by atoms with van der Waals surface area (Å²) in [6.45, 7) is 8.11. The molecule has 3 atom stereocenters. The first-order valence-electron chi connectivity index (χ1n) is 11.2. The highest BCUT2D eigenvalue weighted by Crippen LogP contribution is 2.60. The molecule has 1 saturated heterocycles. The highest BCUT2D eigenvalue weighted by Gasteiger charge is 2.55. The van der Waals surface area contributed by atoms with Crippen LogP contribution in [0.1, 0.15) is 65.7 Å². The number of rotatable bonds is 5. The predicted molar refractivity (Wildman–Crippen MR) is 113 cm³/mol. The van der Waals surface area contributed by atoms with Crippen LogP contribution in [0.15, 0.2) is 0 Å². The van der Waals surface area contributed by atoms with E-state index in [0.29, 0.717) is 5.92 Å². The lowest BCUT2D eigenvalue weighted by Crippen LogP contribution is -2.60. The normalized spacial score (nSPS) is 39.9. The zero-order chi connectivity index (χ0) is 19.2. The molecular formula is C22H38ClN3O2. The van der Waals surface area contributed by atoms with Crippen LogP contribution in [0.4, 0.5) is 0 Å². The van der Waals surface area contributed by atoms with Crippen molar-refractivity contribution in [3.05, 3.63) is 0 Å². The summed E-state index contributed by atoms with van der Waals surface area (Å²) < 4.78 is 0. The van der Waals surface area contributed by atoms with Crippen molar-refractivity contribution in [3.63, 3.8) is 0 Å². The molecule has 4 saturated carbocycles. The molecule has 0 aromatic heterocycles. The van der Waals surface area contributed by atoms with E-state index in [2.05, 4.69) is 22.9 Å². The van der Waals surface area contributed by atoms with Gasteiger partial charge in [-0.1, -0.05) is 20.8 Å². The Bertz CT molecular complexity index is 559. The van der Waals surface area contributed by atoms with Crippen molar-refractivity contribution in [2.24, 2.45) is 35.0 Å². The van der Waals surface area contributed by atoms with Gasteiger partial charge in [-0.05, 0) is 81.1 Å². The summed E-state index contributed by atoms with van der Waals surface area (Å²) in [5.74, 6) is 2.93. The molecule has 0 aromatic carbocycles. The summed E-state index contributed by atoms with van der Waals surface area (Å²) in [5.41, 5.74) is -0.193. The van der Waals surface area contributed by atoms with Crippen molar-refractivity contribution in [2.75, 3.05) is 13.1 Å². The zero-order valence-electron chi connectivity index (χ0n) is 17.6. The molecule has 4 bridgehead atoms. The monoisotopic (exact) mass is 411 g/mol. The lowest BCUT2D eigenvalue weighted by atomic mass is 9.49. The van der Waals surface area contributed by atoms with E-state index in [1.54, 1.807) is 0 Å². The van der Waals surface area contributed by atoms with Gasteiger partial charge in [0.05, 0.1) is 0 Å². The first-order valence-corrected chi connectivity index (χ1v) is 11.2. The van der Waals surface area contributed by atoms with Crippen molar-refractivity contribution in [3.8, 4) is 0 Å². The Morgan fingerprint density at radius 1 is 1.04 bits per heavy atom. The lowest BCUT2D eigenvalue weighted by Gasteiger charge is -2.55. The molecule has 28 heavy (non-hydrogen) atoms. The Morgan fingerprint density at radius 2 is 1.61 bits per heavy atom. The van der Waals surface area contributed by atoms with Gasteiger partial charge in [-0.15, -0.1) is 12.4 Å². The molecule has 0 radical (unpaired) electrons. The first kappa shape index (κ1) is 21.9. The maximum absolute atomic E-state index is 13.4. The lowest BCUT2D eigenvalue weighted by molar-refractivity contribution is -0.149. The van der Waals surface area contributed by atoms with Crippen LogP contribution in [0.5, 0.6) is 0 Å². The van der Waals surface area contributed by atoms with Crippen LogP contribution in [0.3, 0.4) is 0 Å². The van der Waals surface area contributed by atoms with Crippen LogP contribution in [0, 0.1) is 35.0 Å². The van der Waals surface area contributed by atoms with Gasteiger partial charge in [0.1, 0.15) is 6.04 Å². The molecule has 3 unspecified atom stereocenters. The number of hydrogen-bond donors (Lipinski definition) is 3. The fraction of sp³-hybridized carbons (Fsp3) is 0.909. The van der Waals surface area contributed by atoms with Gasteiger partial charge in [0, 0.05) is 18.0 Å². The number of piperidine rings is 1. The molecule has 4 aliphatic carbocycles. The highest BCUT2D eigenvalue weighted by molar-refractivity contribution is 5.90. The predicted octanol–water partition coefficient (Wildman–Crippen LogP) is 2.88. The third-order valence-electron chi connectivity index (χ3n) is 7.91. The number of amides is 2. The molecule has 6 heteroatoms. The Labute approximate surface area is 176 Å². The zero-order valence-corrected chi connectivity index (χ0v) is 18.4. The van der Waals surface area contributed by atoms with E-state index >= 15 is 0 Å². The van der Waals surface area contributed by atoms with Gasteiger partial charge in [-0.3, -0.25) is 9.59 Å². The quantitative estimate of drug-likeness (QED) is 0.651. The Kier molecular flexibility index (Phi) is 6.65. The van der Waals surface area contributed by atoms with E-state index in [1.165, 1.54) is 19.3 Å². The average Bonchev–Trinajstić information content (AvgIpc) is 2.59. The fourth-order valence-electron chi connectivity index (χ4n) is 6.67. The molecule has 2 amide bonds. The van der Waals surface area contributed by atoms with E-state index in [0.717, 1.165) is 56.5 Å². The summed E-state index contributed by atoms with van der Waals surface area (Å²) in [6.07, 6.45) is 8.19. The molecule has 1 heterocycles. The van der Waals surface area contributed by atoms with Crippen molar-refractivity contribution in [1.29, 1.82) is 0 Å². The van der Waals surface area contributed by atoms with Gasteiger partial charge >= 0.3 is 0 Å². The fourth-order valence-corrected chi connectivity index (χ4v) is 6.67. The third kappa shape index (κ3) is 4.21. The van der Waals surface area contributed by atoms with Crippen LogP contribution in [0.25, 0.3) is 0 Å². The van der Waals surface area contributed by atoms with Gasteiger partial charge in [0.15, 0.2) is 0 Å². The second-order valence-electron chi connectivity index (χ2n) is 10.5. The Balaban J connectivity index is 0.00000225. The molecule has 1 aliphatic heterocycles. The molecule has 5 aliphatic rings. The molecule has 5 rings (SSSR count). The minimum atomic E-state index is -0.431. The largest absolute Gasteiger partial charge is 0.350 e. The van der Waals surface area contributed by atoms with Crippen LogP contribution in [-0.4, -0.2) is 37.0 Å². The average molecular weight is 412 g/mol. The molecular weight excluding hydrogens is 374 g/mol.